The van der Waals surface area contributed by atoms with Crippen LogP contribution >= 0.6 is 0 Å². The Kier molecular flexibility index (Phi) is 3.33. The van der Waals surface area contributed by atoms with Crippen LogP contribution in [0.1, 0.15) is 50.8 Å². The molecule has 90 valence electrons. The van der Waals surface area contributed by atoms with Gasteiger partial charge in [0.1, 0.15) is 0 Å². The number of hydrogen-bond acceptors (Lipinski definition) is 2. The van der Waals surface area contributed by atoms with E-state index in [1.807, 2.05) is 11.7 Å². The fourth-order valence-electron chi connectivity index (χ4n) is 2.57. The first-order valence-corrected chi connectivity index (χ1v) is 6.45. The molecule has 0 spiro atoms. The Morgan fingerprint density at radius 3 is 2.69 bits per heavy atom. The van der Waals surface area contributed by atoms with Crippen LogP contribution < -0.4 is 5.32 Å². The van der Waals surface area contributed by atoms with Crippen LogP contribution in [0.3, 0.4) is 0 Å². The summed E-state index contributed by atoms with van der Waals surface area (Å²) in [6, 6.07) is 0. The van der Waals surface area contributed by atoms with Crippen molar-refractivity contribution in [1.82, 2.24) is 15.1 Å². The SMILES string of the molecule is CCc1nn(C)cc1CNC1(CC)CCC1. The summed E-state index contributed by atoms with van der Waals surface area (Å²) < 4.78 is 1.93. The Morgan fingerprint density at radius 1 is 1.44 bits per heavy atom. The van der Waals surface area contributed by atoms with Crippen molar-refractivity contribution in [1.29, 1.82) is 0 Å². The molecule has 1 aliphatic carbocycles. The first-order chi connectivity index (χ1) is 7.69. The Hall–Kier alpha value is -0.830. The summed E-state index contributed by atoms with van der Waals surface area (Å²) in [5, 5.41) is 8.21. The smallest absolute Gasteiger partial charge is 0.0666 e. The van der Waals surface area contributed by atoms with Crippen LogP contribution in [-0.4, -0.2) is 15.3 Å². The van der Waals surface area contributed by atoms with Crippen molar-refractivity contribution in [3.8, 4) is 0 Å². The van der Waals surface area contributed by atoms with E-state index < -0.39 is 0 Å². The van der Waals surface area contributed by atoms with E-state index in [0.717, 1.165) is 13.0 Å². The number of hydrogen-bond donors (Lipinski definition) is 1. The Labute approximate surface area is 98.2 Å². The lowest BCUT2D eigenvalue weighted by atomic mass is 9.75. The van der Waals surface area contributed by atoms with Crippen LogP contribution in [0.15, 0.2) is 6.20 Å². The van der Waals surface area contributed by atoms with Crippen molar-refractivity contribution >= 4 is 0 Å². The third-order valence-corrected chi connectivity index (χ3v) is 3.97. The highest BCUT2D eigenvalue weighted by Gasteiger charge is 2.34. The van der Waals surface area contributed by atoms with Gasteiger partial charge in [0.05, 0.1) is 5.69 Å². The summed E-state index contributed by atoms with van der Waals surface area (Å²) in [6.07, 6.45) is 8.48. The maximum absolute atomic E-state index is 4.48. The second-order valence-corrected chi connectivity index (χ2v) is 4.97. The van der Waals surface area contributed by atoms with Gasteiger partial charge in [0.25, 0.3) is 0 Å². The highest BCUT2D eigenvalue weighted by molar-refractivity contribution is 5.17. The minimum atomic E-state index is 0.431. The molecule has 1 aromatic rings. The molecule has 16 heavy (non-hydrogen) atoms. The average molecular weight is 221 g/mol. The van der Waals surface area contributed by atoms with E-state index in [2.05, 4.69) is 30.5 Å². The molecule has 3 heteroatoms. The van der Waals surface area contributed by atoms with Crippen molar-refractivity contribution in [2.24, 2.45) is 7.05 Å². The standard InChI is InChI=1S/C13H23N3/c1-4-12-11(10-16(3)15-12)9-14-13(5-2)7-6-8-13/h10,14H,4-9H2,1-3H3. The lowest BCUT2D eigenvalue weighted by Crippen LogP contribution is -2.49. The Bertz CT molecular complexity index is 345. The van der Waals surface area contributed by atoms with E-state index in [-0.39, 0.29) is 0 Å². The molecule has 0 amide bonds. The number of nitrogens with one attached hydrogen (secondary N) is 1. The van der Waals surface area contributed by atoms with Gasteiger partial charge in [0.2, 0.25) is 0 Å². The molecule has 1 aromatic heterocycles. The molecule has 0 saturated heterocycles. The predicted molar refractivity (Wildman–Crippen MR) is 66.3 cm³/mol. The van der Waals surface area contributed by atoms with Crippen molar-refractivity contribution < 1.29 is 0 Å². The van der Waals surface area contributed by atoms with Gasteiger partial charge >= 0.3 is 0 Å². The largest absolute Gasteiger partial charge is 0.307 e. The number of aromatic nitrogens is 2. The molecule has 1 aliphatic rings. The van der Waals surface area contributed by atoms with Gasteiger partial charge in [0, 0.05) is 30.9 Å². The van der Waals surface area contributed by atoms with Crippen molar-refractivity contribution in [2.75, 3.05) is 0 Å². The number of nitrogens with zero attached hydrogens (tertiary/aromatic N) is 2. The summed E-state index contributed by atoms with van der Waals surface area (Å²) in [5.41, 5.74) is 3.03. The van der Waals surface area contributed by atoms with Gasteiger partial charge < -0.3 is 5.32 Å². The second-order valence-electron chi connectivity index (χ2n) is 4.97. The molecular weight excluding hydrogens is 198 g/mol. The van der Waals surface area contributed by atoms with Crippen LogP contribution in [0.4, 0.5) is 0 Å². The van der Waals surface area contributed by atoms with E-state index in [1.165, 1.54) is 36.9 Å². The van der Waals surface area contributed by atoms with Crippen LogP contribution in [0.5, 0.6) is 0 Å². The molecule has 1 fully saturated rings. The summed E-state index contributed by atoms with van der Waals surface area (Å²) in [6.45, 7) is 5.44. The predicted octanol–water partition coefficient (Wildman–Crippen LogP) is 2.40. The van der Waals surface area contributed by atoms with E-state index in [9.17, 15) is 0 Å². The molecule has 0 radical (unpaired) electrons. The molecule has 0 atom stereocenters. The van der Waals surface area contributed by atoms with Gasteiger partial charge in [-0.25, -0.2) is 0 Å². The zero-order valence-corrected chi connectivity index (χ0v) is 10.7. The van der Waals surface area contributed by atoms with Crippen molar-refractivity contribution in [3.63, 3.8) is 0 Å². The molecular formula is C13H23N3. The number of aryl methyl sites for hydroxylation is 2. The fraction of sp³-hybridized carbons (Fsp3) is 0.769. The minimum Gasteiger partial charge on any atom is -0.307 e. The third kappa shape index (κ3) is 2.14. The maximum atomic E-state index is 4.48. The Balaban J connectivity index is 1.98. The first-order valence-electron chi connectivity index (χ1n) is 6.45. The topological polar surface area (TPSA) is 29.9 Å². The van der Waals surface area contributed by atoms with Crippen LogP contribution in [0, 0.1) is 0 Å². The van der Waals surface area contributed by atoms with Gasteiger partial charge in [-0.1, -0.05) is 13.8 Å². The van der Waals surface area contributed by atoms with E-state index in [4.69, 9.17) is 0 Å². The summed E-state index contributed by atoms with van der Waals surface area (Å²) in [4.78, 5) is 0. The lowest BCUT2D eigenvalue weighted by molar-refractivity contribution is 0.175. The number of rotatable bonds is 5. The monoisotopic (exact) mass is 221 g/mol. The lowest BCUT2D eigenvalue weighted by Gasteiger charge is -2.42. The zero-order chi connectivity index (χ0) is 11.6. The second kappa shape index (κ2) is 4.58. The molecule has 1 saturated carbocycles. The van der Waals surface area contributed by atoms with Gasteiger partial charge in [-0.2, -0.15) is 5.10 Å². The third-order valence-electron chi connectivity index (χ3n) is 3.97. The first kappa shape index (κ1) is 11.6. The van der Waals surface area contributed by atoms with E-state index >= 15 is 0 Å². The van der Waals surface area contributed by atoms with Gasteiger partial charge in [0.15, 0.2) is 0 Å². The quantitative estimate of drug-likeness (QED) is 0.827. The molecule has 0 aromatic carbocycles. The van der Waals surface area contributed by atoms with Crippen LogP contribution in [0.25, 0.3) is 0 Å². The zero-order valence-electron chi connectivity index (χ0n) is 10.7. The fourth-order valence-corrected chi connectivity index (χ4v) is 2.57. The molecule has 0 unspecified atom stereocenters. The molecule has 0 bridgehead atoms. The summed E-state index contributed by atoms with van der Waals surface area (Å²) >= 11 is 0. The molecule has 2 rings (SSSR count). The summed E-state index contributed by atoms with van der Waals surface area (Å²) in [7, 11) is 2.00. The van der Waals surface area contributed by atoms with Crippen LogP contribution in [-0.2, 0) is 20.0 Å². The van der Waals surface area contributed by atoms with E-state index in [1.54, 1.807) is 0 Å². The Morgan fingerprint density at radius 2 is 2.19 bits per heavy atom. The molecule has 1 N–H and O–H groups in total. The molecule has 1 heterocycles. The highest BCUT2D eigenvalue weighted by Crippen LogP contribution is 2.34. The normalized spacial score (nSPS) is 18.4. The minimum absolute atomic E-state index is 0.431. The molecule has 0 aliphatic heterocycles. The van der Waals surface area contributed by atoms with Crippen molar-refractivity contribution in [3.05, 3.63) is 17.5 Å². The highest BCUT2D eigenvalue weighted by atomic mass is 15.3. The average Bonchev–Trinajstić information content (AvgIpc) is 2.58. The van der Waals surface area contributed by atoms with Gasteiger partial charge in [-0.15, -0.1) is 0 Å². The van der Waals surface area contributed by atoms with Crippen LogP contribution in [0.2, 0.25) is 0 Å². The van der Waals surface area contributed by atoms with Gasteiger partial charge in [-0.05, 0) is 32.1 Å². The van der Waals surface area contributed by atoms with E-state index in [0.29, 0.717) is 5.54 Å². The summed E-state index contributed by atoms with van der Waals surface area (Å²) in [5.74, 6) is 0. The van der Waals surface area contributed by atoms with Crippen molar-refractivity contribution in [2.45, 2.75) is 58.0 Å². The van der Waals surface area contributed by atoms with Gasteiger partial charge in [-0.3, -0.25) is 4.68 Å². The molecule has 3 nitrogen and oxygen atoms in total. The maximum Gasteiger partial charge on any atom is 0.0666 e.